The molecule has 1 aromatic carbocycles. The third kappa shape index (κ3) is 2.65. The Morgan fingerprint density at radius 1 is 1.26 bits per heavy atom. The number of nitrogens with zero attached hydrogens (tertiary/aromatic N) is 2. The molecule has 1 N–H and O–H groups in total. The van der Waals surface area contributed by atoms with Crippen molar-refractivity contribution in [1.82, 2.24) is 9.78 Å². The average Bonchev–Trinajstić information content (AvgIpc) is 2.74. The molecule has 19 heavy (non-hydrogen) atoms. The van der Waals surface area contributed by atoms with Crippen LogP contribution in [0.25, 0.3) is 5.69 Å². The van der Waals surface area contributed by atoms with Gasteiger partial charge in [0.2, 0.25) is 0 Å². The van der Waals surface area contributed by atoms with E-state index < -0.39 is 5.97 Å². The molecule has 0 bridgehead atoms. The first-order valence-electron chi connectivity index (χ1n) is 5.89. The van der Waals surface area contributed by atoms with Crippen molar-refractivity contribution >= 4 is 5.97 Å². The van der Waals surface area contributed by atoms with E-state index in [-0.39, 0.29) is 16.9 Å². The van der Waals surface area contributed by atoms with Crippen molar-refractivity contribution in [2.24, 2.45) is 0 Å². The second kappa shape index (κ2) is 4.50. The molecule has 0 atom stereocenters. The predicted octanol–water partition coefficient (Wildman–Crippen LogP) is 3.01. The summed E-state index contributed by atoms with van der Waals surface area (Å²) in [5, 5.41) is 13.1. The van der Waals surface area contributed by atoms with Gasteiger partial charge in [-0.15, -0.1) is 0 Å². The van der Waals surface area contributed by atoms with E-state index in [1.807, 2.05) is 20.8 Å². The van der Waals surface area contributed by atoms with Crippen LogP contribution in [-0.4, -0.2) is 20.9 Å². The number of aromatic carboxylic acids is 1. The van der Waals surface area contributed by atoms with Crippen molar-refractivity contribution in [3.63, 3.8) is 0 Å². The Morgan fingerprint density at radius 3 is 2.32 bits per heavy atom. The topological polar surface area (TPSA) is 55.1 Å². The SMILES string of the molecule is CC(C)(C)c1cc(C(=O)O)nn1-c1ccc(F)cc1. The smallest absolute Gasteiger partial charge is 0.356 e. The van der Waals surface area contributed by atoms with Gasteiger partial charge in [-0.3, -0.25) is 0 Å². The van der Waals surface area contributed by atoms with Crippen LogP contribution in [0.15, 0.2) is 30.3 Å². The first kappa shape index (κ1) is 13.3. The number of aromatic nitrogens is 2. The van der Waals surface area contributed by atoms with Gasteiger partial charge in [0.15, 0.2) is 5.69 Å². The van der Waals surface area contributed by atoms with Crippen molar-refractivity contribution in [3.05, 3.63) is 47.5 Å². The number of hydrogen-bond acceptors (Lipinski definition) is 2. The maximum Gasteiger partial charge on any atom is 0.356 e. The first-order chi connectivity index (χ1) is 8.79. The molecule has 2 aromatic rings. The van der Waals surface area contributed by atoms with Crippen LogP contribution in [0.5, 0.6) is 0 Å². The number of carboxylic acids is 1. The normalized spacial score (nSPS) is 11.6. The Morgan fingerprint density at radius 2 is 1.84 bits per heavy atom. The second-order valence-corrected chi connectivity index (χ2v) is 5.36. The van der Waals surface area contributed by atoms with Gasteiger partial charge in [-0.25, -0.2) is 13.9 Å². The van der Waals surface area contributed by atoms with Gasteiger partial charge in [0.25, 0.3) is 0 Å². The van der Waals surface area contributed by atoms with Crippen LogP contribution < -0.4 is 0 Å². The third-order valence-electron chi connectivity index (χ3n) is 2.77. The van der Waals surface area contributed by atoms with Crippen molar-refractivity contribution in [2.45, 2.75) is 26.2 Å². The highest BCUT2D eigenvalue weighted by Gasteiger charge is 2.23. The molecule has 4 nitrogen and oxygen atoms in total. The highest BCUT2D eigenvalue weighted by atomic mass is 19.1. The van der Waals surface area contributed by atoms with E-state index in [9.17, 15) is 9.18 Å². The van der Waals surface area contributed by atoms with Gasteiger partial charge in [0.05, 0.1) is 11.4 Å². The zero-order valence-corrected chi connectivity index (χ0v) is 11.0. The molecule has 0 radical (unpaired) electrons. The molecule has 0 fully saturated rings. The van der Waals surface area contributed by atoms with Gasteiger partial charge in [-0.1, -0.05) is 20.8 Å². The predicted molar refractivity (Wildman–Crippen MR) is 69.2 cm³/mol. The van der Waals surface area contributed by atoms with Crippen LogP contribution in [0, 0.1) is 5.82 Å². The standard InChI is InChI=1S/C14H15FN2O2/c1-14(2,3)12-8-11(13(18)19)16-17(12)10-6-4-9(15)5-7-10/h4-8H,1-3H3,(H,18,19). The van der Waals surface area contributed by atoms with Crippen LogP contribution in [-0.2, 0) is 5.41 Å². The molecule has 0 unspecified atom stereocenters. The van der Waals surface area contributed by atoms with E-state index in [2.05, 4.69) is 5.10 Å². The van der Waals surface area contributed by atoms with Gasteiger partial charge in [-0.2, -0.15) is 5.10 Å². The lowest BCUT2D eigenvalue weighted by Crippen LogP contribution is -2.17. The Balaban J connectivity index is 2.61. The molecule has 2 rings (SSSR count). The number of carbonyl (C=O) groups is 1. The van der Waals surface area contributed by atoms with E-state index in [0.717, 1.165) is 5.69 Å². The molecule has 0 aliphatic carbocycles. The van der Waals surface area contributed by atoms with Crippen molar-refractivity contribution in [3.8, 4) is 5.69 Å². The molecule has 5 heteroatoms. The fourth-order valence-electron chi connectivity index (χ4n) is 1.80. The Bertz CT molecular complexity index is 609. The summed E-state index contributed by atoms with van der Waals surface area (Å²) in [6.45, 7) is 5.90. The van der Waals surface area contributed by atoms with Gasteiger partial charge < -0.3 is 5.11 Å². The number of carboxylic acid groups (broad SMARTS) is 1. The maximum atomic E-state index is 12.9. The third-order valence-corrected chi connectivity index (χ3v) is 2.77. The van der Waals surface area contributed by atoms with Crippen LogP contribution >= 0.6 is 0 Å². The van der Waals surface area contributed by atoms with Crippen molar-refractivity contribution < 1.29 is 14.3 Å². The number of hydrogen-bond donors (Lipinski definition) is 1. The lowest BCUT2D eigenvalue weighted by atomic mass is 9.91. The summed E-state index contributed by atoms with van der Waals surface area (Å²) in [5.74, 6) is -1.42. The van der Waals surface area contributed by atoms with Gasteiger partial charge in [0.1, 0.15) is 5.82 Å². The lowest BCUT2D eigenvalue weighted by Gasteiger charge is -2.20. The molecule has 0 saturated carbocycles. The minimum absolute atomic E-state index is 0.0192. The summed E-state index contributed by atoms with van der Waals surface area (Å²) in [6.07, 6.45) is 0. The first-order valence-corrected chi connectivity index (χ1v) is 5.89. The second-order valence-electron chi connectivity index (χ2n) is 5.36. The maximum absolute atomic E-state index is 12.9. The Labute approximate surface area is 110 Å². The fourth-order valence-corrected chi connectivity index (χ4v) is 1.80. The van der Waals surface area contributed by atoms with Crippen LogP contribution in [0.3, 0.4) is 0 Å². The molecular weight excluding hydrogens is 247 g/mol. The van der Waals surface area contributed by atoms with Gasteiger partial charge in [0, 0.05) is 5.41 Å². The van der Waals surface area contributed by atoms with Crippen LogP contribution in [0.2, 0.25) is 0 Å². The highest BCUT2D eigenvalue weighted by Crippen LogP contribution is 2.26. The van der Waals surface area contributed by atoms with E-state index in [1.165, 1.54) is 12.1 Å². The van der Waals surface area contributed by atoms with E-state index >= 15 is 0 Å². The summed E-state index contributed by atoms with van der Waals surface area (Å²) in [5.41, 5.74) is 1.11. The minimum atomic E-state index is -1.08. The molecule has 0 amide bonds. The average molecular weight is 262 g/mol. The molecule has 0 aliphatic heterocycles. The summed E-state index contributed by atoms with van der Waals surface area (Å²) in [4.78, 5) is 11.0. The summed E-state index contributed by atoms with van der Waals surface area (Å²) < 4.78 is 14.5. The zero-order valence-electron chi connectivity index (χ0n) is 11.0. The van der Waals surface area contributed by atoms with Crippen LogP contribution in [0.1, 0.15) is 37.0 Å². The van der Waals surface area contributed by atoms with E-state index in [0.29, 0.717) is 5.69 Å². The van der Waals surface area contributed by atoms with Crippen molar-refractivity contribution in [2.75, 3.05) is 0 Å². The monoisotopic (exact) mass is 262 g/mol. The molecule has 0 aliphatic rings. The lowest BCUT2D eigenvalue weighted by molar-refractivity contribution is 0.0690. The summed E-state index contributed by atoms with van der Waals surface area (Å²) >= 11 is 0. The van der Waals surface area contributed by atoms with Crippen LogP contribution in [0.4, 0.5) is 4.39 Å². The number of benzene rings is 1. The van der Waals surface area contributed by atoms with E-state index in [1.54, 1.807) is 22.9 Å². The molecule has 100 valence electrons. The molecule has 0 spiro atoms. The molecule has 1 aromatic heterocycles. The van der Waals surface area contributed by atoms with Gasteiger partial charge >= 0.3 is 5.97 Å². The quantitative estimate of drug-likeness (QED) is 0.905. The highest BCUT2D eigenvalue weighted by molar-refractivity contribution is 5.85. The van der Waals surface area contributed by atoms with E-state index in [4.69, 9.17) is 5.11 Å². The number of rotatable bonds is 2. The molecule has 1 heterocycles. The largest absolute Gasteiger partial charge is 0.476 e. The molecule has 0 saturated heterocycles. The summed E-state index contributed by atoms with van der Waals surface area (Å²) in [6, 6.07) is 7.34. The number of halogens is 1. The molecular formula is C14H15FN2O2. The minimum Gasteiger partial charge on any atom is -0.476 e. The fraction of sp³-hybridized carbons (Fsp3) is 0.286. The summed E-state index contributed by atoms with van der Waals surface area (Å²) in [7, 11) is 0. The Kier molecular flexibility index (Phi) is 3.14. The van der Waals surface area contributed by atoms with Gasteiger partial charge in [-0.05, 0) is 30.3 Å². The van der Waals surface area contributed by atoms with Crippen molar-refractivity contribution in [1.29, 1.82) is 0 Å². The Hall–Kier alpha value is -2.17. The zero-order chi connectivity index (χ0) is 14.2.